The van der Waals surface area contributed by atoms with Crippen molar-refractivity contribution >= 4 is 5.97 Å². The maximum absolute atomic E-state index is 10.7. The molecule has 0 aliphatic rings. The Morgan fingerprint density at radius 2 is 1.76 bits per heavy atom. The maximum Gasteiger partial charge on any atom is 0.302 e. The van der Waals surface area contributed by atoms with Crippen LogP contribution < -0.4 is 0 Å². The number of carbonyl (C=O) groups is 1. The predicted octanol–water partition coefficient (Wildman–Crippen LogP) is 4.63. The molecular weight excluding hydrogens is 212 g/mol. The van der Waals surface area contributed by atoms with Crippen molar-refractivity contribution in [1.82, 2.24) is 0 Å². The molecule has 0 aromatic carbocycles. The van der Waals surface area contributed by atoms with Gasteiger partial charge in [0.25, 0.3) is 0 Å². The molecule has 100 valence electrons. The first-order valence-corrected chi connectivity index (χ1v) is 6.99. The highest BCUT2D eigenvalue weighted by Crippen LogP contribution is 2.10. The van der Waals surface area contributed by atoms with E-state index in [4.69, 9.17) is 4.74 Å². The van der Waals surface area contributed by atoms with Crippen molar-refractivity contribution in [1.29, 1.82) is 0 Å². The molecule has 0 aromatic heterocycles. The SMILES string of the molecule is CC/C=C\CCCCCCC[C@H](C)OC(C)=O. The van der Waals surface area contributed by atoms with Crippen molar-refractivity contribution in [3.05, 3.63) is 12.2 Å². The zero-order chi connectivity index (χ0) is 12.9. The van der Waals surface area contributed by atoms with Crippen molar-refractivity contribution in [3.8, 4) is 0 Å². The highest BCUT2D eigenvalue weighted by Gasteiger charge is 2.04. The number of hydrogen-bond acceptors (Lipinski definition) is 2. The lowest BCUT2D eigenvalue weighted by atomic mass is 10.1. The average Bonchev–Trinajstić information content (AvgIpc) is 2.26. The molecular formula is C15H28O2. The topological polar surface area (TPSA) is 26.3 Å². The molecule has 2 nitrogen and oxygen atoms in total. The summed E-state index contributed by atoms with van der Waals surface area (Å²) in [5.41, 5.74) is 0. The molecule has 0 rings (SSSR count). The molecule has 0 unspecified atom stereocenters. The predicted molar refractivity (Wildman–Crippen MR) is 73.0 cm³/mol. The van der Waals surface area contributed by atoms with Crippen LogP contribution in [0.2, 0.25) is 0 Å². The highest BCUT2D eigenvalue weighted by molar-refractivity contribution is 5.66. The summed E-state index contributed by atoms with van der Waals surface area (Å²) in [7, 11) is 0. The van der Waals surface area contributed by atoms with Crippen molar-refractivity contribution in [2.45, 2.75) is 78.2 Å². The van der Waals surface area contributed by atoms with Gasteiger partial charge in [-0.05, 0) is 39.0 Å². The number of ether oxygens (including phenoxy) is 1. The fraction of sp³-hybridized carbons (Fsp3) is 0.800. The van der Waals surface area contributed by atoms with Gasteiger partial charge in [0.1, 0.15) is 0 Å². The van der Waals surface area contributed by atoms with Crippen LogP contribution in [0.5, 0.6) is 0 Å². The van der Waals surface area contributed by atoms with Crippen LogP contribution in [0.3, 0.4) is 0 Å². The smallest absolute Gasteiger partial charge is 0.302 e. The normalized spacial score (nSPS) is 12.9. The van der Waals surface area contributed by atoms with Gasteiger partial charge in [-0.1, -0.05) is 38.3 Å². The molecule has 0 saturated heterocycles. The van der Waals surface area contributed by atoms with Crippen molar-refractivity contribution in [3.63, 3.8) is 0 Å². The zero-order valence-electron chi connectivity index (χ0n) is 11.7. The molecule has 0 fully saturated rings. The second-order valence-corrected chi connectivity index (χ2v) is 4.64. The molecule has 2 heteroatoms. The number of rotatable bonds is 10. The number of esters is 1. The van der Waals surface area contributed by atoms with E-state index < -0.39 is 0 Å². The van der Waals surface area contributed by atoms with Crippen molar-refractivity contribution in [2.75, 3.05) is 0 Å². The summed E-state index contributed by atoms with van der Waals surface area (Å²) in [5, 5.41) is 0. The molecule has 0 radical (unpaired) electrons. The first-order valence-electron chi connectivity index (χ1n) is 6.99. The minimum Gasteiger partial charge on any atom is -0.463 e. The van der Waals surface area contributed by atoms with E-state index in [1.54, 1.807) is 0 Å². The van der Waals surface area contributed by atoms with E-state index in [0.717, 1.165) is 12.8 Å². The van der Waals surface area contributed by atoms with E-state index in [9.17, 15) is 4.79 Å². The van der Waals surface area contributed by atoms with Gasteiger partial charge in [0.15, 0.2) is 0 Å². The molecule has 0 N–H and O–H groups in total. The Kier molecular flexibility index (Phi) is 11.1. The van der Waals surface area contributed by atoms with E-state index in [1.165, 1.54) is 45.4 Å². The van der Waals surface area contributed by atoms with Gasteiger partial charge in [0, 0.05) is 6.92 Å². The van der Waals surface area contributed by atoms with Gasteiger partial charge in [0.05, 0.1) is 6.10 Å². The van der Waals surface area contributed by atoms with Crippen LogP contribution in [0, 0.1) is 0 Å². The van der Waals surface area contributed by atoms with Crippen LogP contribution in [0.25, 0.3) is 0 Å². The van der Waals surface area contributed by atoms with Gasteiger partial charge < -0.3 is 4.74 Å². The summed E-state index contributed by atoms with van der Waals surface area (Å²) in [6, 6.07) is 0. The van der Waals surface area contributed by atoms with Crippen LogP contribution >= 0.6 is 0 Å². The lowest BCUT2D eigenvalue weighted by molar-refractivity contribution is -0.145. The standard InChI is InChI=1S/C15H28O2/c1-4-5-6-7-8-9-10-11-12-13-14(2)17-15(3)16/h5-6,14H,4,7-13H2,1-3H3/b6-5-/t14-/m0/s1. The largest absolute Gasteiger partial charge is 0.463 e. The number of hydrogen-bond donors (Lipinski definition) is 0. The van der Waals surface area contributed by atoms with E-state index in [2.05, 4.69) is 19.1 Å². The first kappa shape index (κ1) is 16.2. The molecule has 0 aliphatic carbocycles. The Bertz CT molecular complexity index is 209. The summed E-state index contributed by atoms with van der Waals surface area (Å²) >= 11 is 0. The highest BCUT2D eigenvalue weighted by atomic mass is 16.5. The third-order valence-electron chi connectivity index (χ3n) is 2.75. The summed E-state index contributed by atoms with van der Waals surface area (Å²) in [4.78, 5) is 10.7. The van der Waals surface area contributed by atoms with Gasteiger partial charge in [0.2, 0.25) is 0 Å². The maximum atomic E-state index is 10.7. The molecule has 0 aliphatic heterocycles. The van der Waals surface area contributed by atoms with Crippen LogP contribution in [0.4, 0.5) is 0 Å². The quantitative estimate of drug-likeness (QED) is 0.316. The lowest BCUT2D eigenvalue weighted by Gasteiger charge is -2.10. The van der Waals surface area contributed by atoms with Crippen molar-refractivity contribution in [2.24, 2.45) is 0 Å². The van der Waals surface area contributed by atoms with Gasteiger partial charge in [-0.15, -0.1) is 0 Å². The van der Waals surface area contributed by atoms with E-state index in [1.807, 2.05) is 6.92 Å². The lowest BCUT2D eigenvalue weighted by Crippen LogP contribution is -2.11. The second-order valence-electron chi connectivity index (χ2n) is 4.64. The first-order chi connectivity index (χ1) is 8.16. The van der Waals surface area contributed by atoms with Gasteiger partial charge in [-0.25, -0.2) is 0 Å². The molecule has 0 spiro atoms. The third kappa shape index (κ3) is 13.1. The van der Waals surface area contributed by atoms with E-state index >= 15 is 0 Å². The Labute approximate surface area is 106 Å². The number of carbonyl (C=O) groups excluding carboxylic acids is 1. The molecule has 0 saturated carbocycles. The second kappa shape index (κ2) is 11.7. The third-order valence-corrected chi connectivity index (χ3v) is 2.75. The molecule has 0 amide bonds. The molecule has 17 heavy (non-hydrogen) atoms. The Morgan fingerprint density at radius 1 is 1.12 bits per heavy atom. The minimum atomic E-state index is -0.166. The van der Waals surface area contributed by atoms with Crippen LogP contribution in [0.1, 0.15) is 72.1 Å². The van der Waals surface area contributed by atoms with Crippen LogP contribution in [-0.4, -0.2) is 12.1 Å². The Morgan fingerprint density at radius 3 is 2.41 bits per heavy atom. The molecule has 0 bridgehead atoms. The van der Waals surface area contributed by atoms with Gasteiger partial charge >= 0.3 is 5.97 Å². The molecule has 0 heterocycles. The fourth-order valence-corrected chi connectivity index (χ4v) is 1.85. The Balaban J connectivity index is 3.18. The monoisotopic (exact) mass is 240 g/mol. The number of unbranched alkanes of at least 4 members (excludes halogenated alkanes) is 5. The summed E-state index contributed by atoms with van der Waals surface area (Å²) in [5.74, 6) is -0.166. The van der Waals surface area contributed by atoms with E-state index in [-0.39, 0.29) is 12.1 Å². The van der Waals surface area contributed by atoms with Gasteiger partial charge in [-0.2, -0.15) is 0 Å². The van der Waals surface area contributed by atoms with Crippen molar-refractivity contribution < 1.29 is 9.53 Å². The Hall–Kier alpha value is -0.790. The van der Waals surface area contributed by atoms with Crippen LogP contribution in [0.15, 0.2) is 12.2 Å². The number of allylic oxidation sites excluding steroid dienone is 2. The summed E-state index contributed by atoms with van der Waals surface area (Å²) in [6.07, 6.45) is 14.3. The van der Waals surface area contributed by atoms with E-state index in [0.29, 0.717) is 0 Å². The van der Waals surface area contributed by atoms with Crippen LogP contribution in [-0.2, 0) is 9.53 Å². The average molecular weight is 240 g/mol. The molecule has 0 aromatic rings. The minimum absolute atomic E-state index is 0.0833. The molecule has 1 atom stereocenters. The summed E-state index contributed by atoms with van der Waals surface area (Å²) in [6.45, 7) is 5.61. The summed E-state index contributed by atoms with van der Waals surface area (Å²) < 4.78 is 5.07. The fourth-order valence-electron chi connectivity index (χ4n) is 1.85. The van der Waals surface area contributed by atoms with Gasteiger partial charge in [-0.3, -0.25) is 4.79 Å². The zero-order valence-corrected chi connectivity index (χ0v) is 11.7.